The molecule has 0 radical (unpaired) electrons. The number of carbonyl (C=O) groups is 2. The summed E-state index contributed by atoms with van der Waals surface area (Å²) in [5.74, 6) is -0.877. The molecule has 1 amide bonds. The first-order valence-electron chi connectivity index (χ1n) is 4.63. The van der Waals surface area contributed by atoms with Gasteiger partial charge in [-0.3, -0.25) is 4.79 Å². The highest BCUT2D eigenvalue weighted by atomic mass is 127. The van der Waals surface area contributed by atoms with Crippen LogP contribution in [-0.4, -0.2) is 19.0 Å². The van der Waals surface area contributed by atoms with Crippen LogP contribution in [0.2, 0.25) is 0 Å². The Labute approximate surface area is 112 Å². The molecule has 0 unspecified atom stereocenters. The molecule has 0 aliphatic heterocycles. The Kier molecular flexibility index (Phi) is 4.90. The summed E-state index contributed by atoms with van der Waals surface area (Å²) in [6.07, 6.45) is -0.224. The lowest BCUT2D eigenvalue weighted by atomic mass is 10.2. The Hall–Kier alpha value is -1.62. The molecule has 1 rings (SSSR count). The van der Waals surface area contributed by atoms with Crippen molar-refractivity contribution in [3.63, 3.8) is 0 Å². The molecule has 0 saturated carbocycles. The van der Waals surface area contributed by atoms with Gasteiger partial charge < -0.3 is 10.1 Å². The van der Waals surface area contributed by atoms with Crippen LogP contribution >= 0.6 is 22.6 Å². The standard InChI is InChI=1S/C11H9IN2O3/c1-17-11(16)7-3-2-4-8(10(7)12)14-9(15)5-6-13/h2-4H,5H2,1H3,(H,14,15). The van der Waals surface area contributed by atoms with Crippen molar-refractivity contribution in [3.8, 4) is 6.07 Å². The molecule has 0 fully saturated rings. The van der Waals surface area contributed by atoms with Crippen LogP contribution in [0.5, 0.6) is 0 Å². The van der Waals surface area contributed by atoms with E-state index >= 15 is 0 Å². The van der Waals surface area contributed by atoms with Crippen molar-refractivity contribution in [3.05, 3.63) is 27.3 Å². The van der Waals surface area contributed by atoms with E-state index in [1.165, 1.54) is 7.11 Å². The maximum atomic E-state index is 11.4. The molecular formula is C11H9IN2O3. The molecule has 0 aliphatic rings. The number of rotatable bonds is 3. The number of hydrogen-bond donors (Lipinski definition) is 1. The topological polar surface area (TPSA) is 79.2 Å². The predicted molar refractivity (Wildman–Crippen MR) is 69.4 cm³/mol. The summed E-state index contributed by atoms with van der Waals surface area (Å²) in [6.45, 7) is 0. The molecule has 0 spiro atoms. The minimum absolute atomic E-state index is 0.224. The van der Waals surface area contributed by atoms with E-state index in [2.05, 4.69) is 10.1 Å². The van der Waals surface area contributed by atoms with Crippen LogP contribution in [0, 0.1) is 14.9 Å². The molecule has 0 bridgehead atoms. The molecule has 1 aromatic carbocycles. The van der Waals surface area contributed by atoms with Gasteiger partial charge in [0.2, 0.25) is 5.91 Å². The fraction of sp³-hybridized carbons (Fsp3) is 0.182. The van der Waals surface area contributed by atoms with Crippen molar-refractivity contribution >= 4 is 40.2 Å². The monoisotopic (exact) mass is 344 g/mol. The second kappa shape index (κ2) is 6.20. The zero-order chi connectivity index (χ0) is 12.8. The SMILES string of the molecule is COC(=O)c1cccc(NC(=O)CC#N)c1I. The number of nitrogens with zero attached hydrogens (tertiary/aromatic N) is 1. The first-order valence-corrected chi connectivity index (χ1v) is 5.71. The number of carbonyl (C=O) groups excluding carboxylic acids is 2. The Balaban J connectivity index is 2.99. The Morgan fingerprint density at radius 2 is 2.24 bits per heavy atom. The lowest BCUT2D eigenvalue weighted by Gasteiger charge is -2.08. The van der Waals surface area contributed by atoms with Gasteiger partial charge in [0.15, 0.2) is 0 Å². The fourth-order valence-electron chi connectivity index (χ4n) is 1.16. The third kappa shape index (κ3) is 3.42. The van der Waals surface area contributed by atoms with Crippen molar-refractivity contribution in [1.29, 1.82) is 5.26 Å². The average Bonchev–Trinajstić information content (AvgIpc) is 2.31. The molecule has 1 N–H and O–H groups in total. The summed E-state index contributed by atoms with van der Waals surface area (Å²) in [7, 11) is 1.29. The third-order valence-electron chi connectivity index (χ3n) is 1.92. The van der Waals surface area contributed by atoms with Crippen LogP contribution in [0.4, 0.5) is 5.69 Å². The van der Waals surface area contributed by atoms with Crippen LogP contribution in [0.15, 0.2) is 18.2 Å². The van der Waals surface area contributed by atoms with E-state index in [-0.39, 0.29) is 6.42 Å². The molecule has 1 aromatic rings. The van der Waals surface area contributed by atoms with Gasteiger partial charge in [0.1, 0.15) is 6.42 Å². The van der Waals surface area contributed by atoms with E-state index < -0.39 is 11.9 Å². The highest BCUT2D eigenvalue weighted by Crippen LogP contribution is 2.22. The number of esters is 1. The van der Waals surface area contributed by atoms with Gasteiger partial charge in [-0.05, 0) is 34.7 Å². The van der Waals surface area contributed by atoms with Crippen LogP contribution in [-0.2, 0) is 9.53 Å². The zero-order valence-corrected chi connectivity index (χ0v) is 11.1. The maximum Gasteiger partial charge on any atom is 0.339 e. The van der Waals surface area contributed by atoms with Gasteiger partial charge in [-0.1, -0.05) is 6.07 Å². The van der Waals surface area contributed by atoms with Crippen molar-refractivity contribution in [2.45, 2.75) is 6.42 Å². The van der Waals surface area contributed by atoms with Crippen molar-refractivity contribution in [2.24, 2.45) is 0 Å². The number of nitriles is 1. The second-order valence-corrected chi connectivity index (χ2v) is 4.12. The molecular weight excluding hydrogens is 335 g/mol. The Bertz CT molecular complexity index is 494. The summed E-state index contributed by atoms with van der Waals surface area (Å²) in [5.41, 5.74) is 0.872. The van der Waals surface area contributed by atoms with Crippen molar-refractivity contribution < 1.29 is 14.3 Å². The minimum Gasteiger partial charge on any atom is -0.465 e. The van der Waals surface area contributed by atoms with Gasteiger partial charge in [-0.15, -0.1) is 0 Å². The Morgan fingerprint density at radius 1 is 1.53 bits per heavy atom. The summed E-state index contributed by atoms with van der Waals surface area (Å²) in [5, 5.41) is 10.9. The highest BCUT2D eigenvalue weighted by Gasteiger charge is 2.14. The lowest BCUT2D eigenvalue weighted by Crippen LogP contribution is -2.13. The minimum atomic E-state index is -0.467. The number of nitrogens with one attached hydrogen (secondary N) is 1. The molecule has 5 nitrogen and oxygen atoms in total. The van der Waals surface area contributed by atoms with E-state index in [0.29, 0.717) is 14.8 Å². The zero-order valence-electron chi connectivity index (χ0n) is 8.99. The van der Waals surface area contributed by atoms with Gasteiger partial charge in [-0.2, -0.15) is 5.26 Å². The summed E-state index contributed by atoms with van der Waals surface area (Å²) in [6, 6.07) is 6.65. The first kappa shape index (κ1) is 13.4. The number of methoxy groups -OCH3 is 1. The van der Waals surface area contributed by atoms with Gasteiger partial charge in [0.25, 0.3) is 0 Å². The van der Waals surface area contributed by atoms with E-state index in [4.69, 9.17) is 5.26 Å². The van der Waals surface area contributed by atoms with E-state index in [9.17, 15) is 9.59 Å². The molecule has 0 aromatic heterocycles. The fourth-order valence-corrected chi connectivity index (χ4v) is 1.88. The number of ether oxygens (including phenoxy) is 1. The highest BCUT2D eigenvalue weighted by molar-refractivity contribution is 14.1. The van der Waals surface area contributed by atoms with Gasteiger partial charge in [0.05, 0.1) is 28.0 Å². The van der Waals surface area contributed by atoms with Crippen LogP contribution < -0.4 is 5.32 Å². The summed E-state index contributed by atoms with van der Waals surface area (Å²) >= 11 is 1.94. The van der Waals surface area contributed by atoms with E-state index in [1.807, 2.05) is 22.6 Å². The molecule has 0 heterocycles. The number of anilines is 1. The number of amides is 1. The lowest BCUT2D eigenvalue weighted by molar-refractivity contribution is -0.115. The van der Waals surface area contributed by atoms with Crippen molar-refractivity contribution in [1.82, 2.24) is 0 Å². The number of hydrogen-bond acceptors (Lipinski definition) is 4. The largest absolute Gasteiger partial charge is 0.465 e. The van der Waals surface area contributed by atoms with Gasteiger partial charge >= 0.3 is 5.97 Å². The average molecular weight is 344 g/mol. The van der Waals surface area contributed by atoms with E-state index in [1.54, 1.807) is 24.3 Å². The Morgan fingerprint density at radius 3 is 2.82 bits per heavy atom. The third-order valence-corrected chi connectivity index (χ3v) is 3.08. The van der Waals surface area contributed by atoms with Crippen molar-refractivity contribution in [2.75, 3.05) is 12.4 Å². The summed E-state index contributed by atoms with van der Waals surface area (Å²) in [4.78, 5) is 22.7. The molecule has 0 atom stereocenters. The van der Waals surface area contributed by atoms with E-state index in [0.717, 1.165) is 0 Å². The maximum absolute atomic E-state index is 11.4. The molecule has 6 heteroatoms. The number of benzene rings is 1. The molecule has 0 saturated heterocycles. The quantitative estimate of drug-likeness (QED) is 0.671. The van der Waals surface area contributed by atoms with Gasteiger partial charge in [0, 0.05) is 0 Å². The van der Waals surface area contributed by atoms with Crippen LogP contribution in [0.25, 0.3) is 0 Å². The predicted octanol–water partition coefficient (Wildman–Crippen LogP) is 1.93. The second-order valence-electron chi connectivity index (χ2n) is 3.04. The number of halogens is 1. The molecule has 0 aliphatic carbocycles. The summed E-state index contributed by atoms with van der Waals surface area (Å²) < 4.78 is 5.20. The van der Waals surface area contributed by atoms with Crippen LogP contribution in [0.1, 0.15) is 16.8 Å². The molecule has 17 heavy (non-hydrogen) atoms. The smallest absolute Gasteiger partial charge is 0.339 e. The molecule has 88 valence electrons. The van der Waals surface area contributed by atoms with Crippen LogP contribution in [0.3, 0.4) is 0 Å². The first-order chi connectivity index (χ1) is 8.10. The van der Waals surface area contributed by atoms with Gasteiger partial charge in [-0.25, -0.2) is 4.79 Å². The normalized spacial score (nSPS) is 9.24.